The fourth-order valence-corrected chi connectivity index (χ4v) is 2.22. The average Bonchev–Trinajstić information content (AvgIpc) is 2.42. The smallest absolute Gasteiger partial charge is 0.228 e. The minimum Gasteiger partial charge on any atom is -0.380 e. The molecule has 1 saturated heterocycles. The lowest BCUT2D eigenvalue weighted by molar-refractivity contribution is -0.145. The van der Waals surface area contributed by atoms with Gasteiger partial charge in [-0.3, -0.25) is 9.59 Å². The van der Waals surface area contributed by atoms with E-state index in [1.165, 1.54) is 0 Å². The van der Waals surface area contributed by atoms with E-state index in [4.69, 9.17) is 10.5 Å². The molecule has 1 fully saturated rings. The van der Waals surface area contributed by atoms with Gasteiger partial charge in [0.25, 0.3) is 0 Å². The van der Waals surface area contributed by atoms with E-state index in [9.17, 15) is 9.59 Å². The molecule has 0 bridgehead atoms. The number of nitrogens with zero attached hydrogens (tertiary/aromatic N) is 2. The summed E-state index contributed by atoms with van der Waals surface area (Å²) in [5.74, 6) is 0.187. The zero-order chi connectivity index (χ0) is 15.3. The summed E-state index contributed by atoms with van der Waals surface area (Å²) in [4.78, 5) is 27.9. The van der Waals surface area contributed by atoms with E-state index in [0.717, 1.165) is 0 Å². The van der Waals surface area contributed by atoms with E-state index in [1.807, 2.05) is 25.7 Å². The number of hydrogen-bond acceptors (Lipinski definition) is 4. The number of carbonyl (C=O) groups excluding carboxylic acids is 2. The van der Waals surface area contributed by atoms with Crippen molar-refractivity contribution in [2.45, 2.75) is 33.3 Å². The first-order valence-corrected chi connectivity index (χ1v) is 7.09. The highest BCUT2D eigenvalue weighted by Gasteiger charge is 2.31. The van der Waals surface area contributed by atoms with Crippen molar-refractivity contribution in [2.24, 2.45) is 11.1 Å². The molecular weight excluding hydrogens is 294 g/mol. The fraction of sp³-hybridized carbons (Fsp3) is 0.857. The molecular formula is C14H28ClN3O3. The van der Waals surface area contributed by atoms with E-state index in [-0.39, 0.29) is 35.7 Å². The van der Waals surface area contributed by atoms with Gasteiger partial charge in [-0.1, -0.05) is 20.8 Å². The molecule has 6 nitrogen and oxygen atoms in total. The number of nitrogens with two attached hydrogens (primary N) is 1. The van der Waals surface area contributed by atoms with Gasteiger partial charge in [0.1, 0.15) is 0 Å². The lowest BCUT2D eigenvalue weighted by Gasteiger charge is -2.38. The van der Waals surface area contributed by atoms with Crippen LogP contribution in [0.2, 0.25) is 0 Å². The van der Waals surface area contributed by atoms with Crippen LogP contribution in [0.25, 0.3) is 0 Å². The summed E-state index contributed by atoms with van der Waals surface area (Å²) in [6.45, 7) is 8.45. The van der Waals surface area contributed by atoms with Crippen LogP contribution in [0.4, 0.5) is 0 Å². The molecule has 124 valence electrons. The molecule has 7 heteroatoms. The first-order valence-electron chi connectivity index (χ1n) is 7.09. The summed E-state index contributed by atoms with van der Waals surface area (Å²) in [6.07, 6.45) is 0.0805. The van der Waals surface area contributed by atoms with Gasteiger partial charge >= 0.3 is 0 Å². The Bertz CT molecular complexity index is 346. The van der Waals surface area contributed by atoms with Gasteiger partial charge < -0.3 is 20.3 Å². The van der Waals surface area contributed by atoms with Crippen molar-refractivity contribution in [2.75, 3.05) is 39.8 Å². The second-order valence-electron chi connectivity index (χ2n) is 6.22. The standard InChI is InChI=1S/C14H27N3O3.ClH/c1-14(2,3)13(19)17-7-5-16(6-8-17)12(18)9-11(10-15)20-4;/h11H,5-10,15H2,1-4H3;1H. The Balaban J connectivity index is 0.00000400. The maximum Gasteiger partial charge on any atom is 0.228 e. The summed E-state index contributed by atoms with van der Waals surface area (Å²) in [7, 11) is 1.56. The molecule has 1 unspecified atom stereocenters. The molecule has 0 aliphatic carbocycles. The largest absolute Gasteiger partial charge is 0.380 e. The average molecular weight is 322 g/mol. The minimum absolute atomic E-state index is 0. The molecule has 1 aliphatic rings. The van der Waals surface area contributed by atoms with Crippen molar-refractivity contribution in [3.05, 3.63) is 0 Å². The van der Waals surface area contributed by atoms with Gasteiger partial charge in [-0.15, -0.1) is 12.4 Å². The zero-order valence-electron chi connectivity index (χ0n) is 13.4. The Kier molecular flexibility index (Phi) is 8.21. The van der Waals surface area contributed by atoms with Crippen molar-refractivity contribution < 1.29 is 14.3 Å². The first-order chi connectivity index (χ1) is 9.29. The number of piperazine rings is 1. The highest BCUT2D eigenvalue weighted by molar-refractivity contribution is 5.85. The van der Waals surface area contributed by atoms with Crippen LogP contribution in [-0.2, 0) is 14.3 Å². The molecule has 0 aromatic rings. The predicted molar refractivity (Wildman–Crippen MR) is 84.3 cm³/mol. The van der Waals surface area contributed by atoms with Gasteiger partial charge in [0, 0.05) is 45.2 Å². The van der Waals surface area contributed by atoms with Gasteiger partial charge in [-0.05, 0) is 0 Å². The number of halogens is 1. The van der Waals surface area contributed by atoms with Gasteiger partial charge in [-0.25, -0.2) is 0 Å². The van der Waals surface area contributed by atoms with E-state index in [1.54, 1.807) is 12.0 Å². The number of carbonyl (C=O) groups is 2. The SMILES string of the molecule is COC(CN)CC(=O)N1CCN(C(=O)C(C)(C)C)CC1.Cl. The third-order valence-electron chi connectivity index (χ3n) is 3.56. The Hall–Kier alpha value is -0.850. The molecule has 1 rings (SSSR count). The number of rotatable bonds is 4. The molecule has 1 atom stereocenters. The summed E-state index contributed by atoms with van der Waals surface area (Å²) >= 11 is 0. The molecule has 21 heavy (non-hydrogen) atoms. The molecule has 0 spiro atoms. The Morgan fingerprint density at radius 3 is 2.00 bits per heavy atom. The molecule has 2 N–H and O–H groups in total. The molecule has 0 aromatic carbocycles. The van der Waals surface area contributed by atoms with Crippen molar-refractivity contribution in [3.8, 4) is 0 Å². The second kappa shape index (κ2) is 8.56. The maximum atomic E-state index is 12.2. The lowest BCUT2D eigenvalue weighted by atomic mass is 9.94. The van der Waals surface area contributed by atoms with Gasteiger partial charge in [0.05, 0.1) is 12.5 Å². The fourth-order valence-electron chi connectivity index (χ4n) is 2.22. The molecule has 1 heterocycles. The zero-order valence-corrected chi connectivity index (χ0v) is 14.2. The minimum atomic E-state index is -0.368. The molecule has 0 saturated carbocycles. The Morgan fingerprint density at radius 1 is 1.14 bits per heavy atom. The van der Waals surface area contributed by atoms with Crippen LogP contribution in [0.3, 0.4) is 0 Å². The maximum absolute atomic E-state index is 12.2. The van der Waals surface area contributed by atoms with Crippen LogP contribution in [-0.4, -0.2) is 67.6 Å². The van der Waals surface area contributed by atoms with Crippen LogP contribution >= 0.6 is 12.4 Å². The van der Waals surface area contributed by atoms with Crippen LogP contribution < -0.4 is 5.73 Å². The number of methoxy groups -OCH3 is 1. The second-order valence-corrected chi connectivity index (χ2v) is 6.22. The van der Waals surface area contributed by atoms with Gasteiger partial charge in [-0.2, -0.15) is 0 Å². The lowest BCUT2D eigenvalue weighted by Crippen LogP contribution is -2.53. The quantitative estimate of drug-likeness (QED) is 0.817. The van der Waals surface area contributed by atoms with E-state index in [0.29, 0.717) is 39.1 Å². The molecule has 1 aliphatic heterocycles. The Labute approximate surface area is 133 Å². The van der Waals surface area contributed by atoms with Crippen molar-refractivity contribution in [3.63, 3.8) is 0 Å². The topological polar surface area (TPSA) is 75.9 Å². The monoisotopic (exact) mass is 321 g/mol. The van der Waals surface area contributed by atoms with E-state index < -0.39 is 0 Å². The number of hydrogen-bond donors (Lipinski definition) is 1. The highest BCUT2D eigenvalue weighted by Crippen LogP contribution is 2.18. The summed E-state index contributed by atoms with van der Waals surface area (Å²) in [6, 6.07) is 0. The van der Waals surface area contributed by atoms with Gasteiger partial charge in [0.2, 0.25) is 11.8 Å². The first kappa shape index (κ1) is 20.1. The third kappa shape index (κ3) is 5.80. The molecule has 0 radical (unpaired) electrons. The summed E-state index contributed by atoms with van der Waals surface area (Å²) in [5.41, 5.74) is 5.15. The van der Waals surface area contributed by atoms with Crippen LogP contribution in [0.1, 0.15) is 27.2 Å². The highest BCUT2D eigenvalue weighted by atomic mass is 35.5. The summed E-state index contributed by atoms with van der Waals surface area (Å²) in [5, 5.41) is 0. The van der Waals surface area contributed by atoms with Crippen LogP contribution in [0.15, 0.2) is 0 Å². The third-order valence-corrected chi connectivity index (χ3v) is 3.56. The summed E-state index contributed by atoms with van der Waals surface area (Å²) < 4.78 is 5.13. The van der Waals surface area contributed by atoms with Crippen molar-refractivity contribution in [1.29, 1.82) is 0 Å². The molecule has 2 amide bonds. The van der Waals surface area contributed by atoms with Crippen LogP contribution in [0, 0.1) is 5.41 Å². The Morgan fingerprint density at radius 2 is 1.62 bits per heavy atom. The van der Waals surface area contributed by atoms with Crippen molar-refractivity contribution in [1.82, 2.24) is 9.80 Å². The molecule has 0 aromatic heterocycles. The normalized spacial score (nSPS) is 17.2. The number of ether oxygens (including phenoxy) is 1. The number of amides is 2. The van der Waals surface area contributed by atoms with Crippen molar-refractivity contribution >= 4 is 24.2 Å². The van der Waals surface area contributed by atoms with E-state index >= 15 is 0 Å². The van der Waals surface area contributed by atoms with Crippen LogP contribution in [0.5, 0.6) is 0 Å². The van der Waals surface area contributed by atoms with Gasteiger partial charge in [0.15, 0.2) is 0 Å². The predicted octanol–water partition coefficient (Wildman–Crippen LogP) is 0.489. The van der Waals surface area contributed by atoms with E-state index in [2.05, 4.69) is 0 Å².